The standard InChI is InChI=1S/C17H14ClNO2S/c1-22(20,21)15-8-4-13(5-9-15)17-11-19-10-16(17)12-2-6-14(18)7-3-12/h2-11,19H,1H3. The van der Waals surface area contributed by atoms with Gasteiger partial charge < -0.3 is 4.98 Å². The minimum Gasteiger partial charge on any atom is -0.366 e. The molecule has 22 heavy (non-hydrogen) atoms. The van der Waals surface area contributed by atoms with E-state index < -0.39 is 9.84 Å². The van der Waals surface area contributed by atoms with E-state index in [4.69, 9.17) is 11.6 Å². The van der Waals surface area contributed by atoms with Gasteiger partial charge in [0.15, 0.2) is 9.84 Å². The second kappa shape index (κ2) is 5.63. The predicted octanol–water partition coefficient (Wildman–Crippen LogP) is 4.41. The van der Waals surface area contributed by atoms with Crippen LogP contribution in [-0.2, 0) is 9.84 Å². The topological polar surface area (TPSA) is 49.9 Å². The Bertz CT molecular complexity index is 895. The Morgan fingerprint density at radius 2 is 1.27 bits per heavy atom. The van der Waals surface area contributed by atoms with Gasteiger partial charge in [0.1, 0.15) is 0 Å². The summed E-state index contributed by atoms with van der Waals surface area (Å²) in [6.45, 7) is 0. The summed E-state index contributed by atoms with van der Waals surface area (Å²) in [7, 11) is -3.18. The first-order valence-corrected chi connectivity index (χ1v) is 8.95. The van der Waals surface area contributed by atoms with E-state index in [2.05, 4.69) is 4.98 Å². The fraction of sp³-hybridized carbons (Fsp3) is 0.0588. The lowest BCUT2D eigenvalue weighted by atomic mass is 9.99. The molecule has 1 aromatic heterocycles. The van der Waals surface area contributed by atoms with Gasteiger partial charge in [-0.05, 0) is 35.4 Å². The molecule has 3 rings (SSSR count). The number of aromatic amines is 1. The Balaban J connectivity index is 2.03. The number of halogens is 1. The highest BCUT2D eigenvalue weighted by Crippen LogP contribution is 2.32. The van der Waals surface area contributed by atoms with Crippen molar-refractivity contribution < 1.29 is 8.42 Å². The Labute approximate surface area is 134 Å². The van der Waals surface area contributed by atoms with E-state index in [1.165, 1.54) is 6.26 Å². The van der Waals surface area contributed by atoms with Gasteiger partial charge in [0.2, 0.25) is 0 Å². The van der Waals surface area contributed by atoms with Gasteiger partial charge in [-0.2, -0.15) is 0 Å². The van der Waals surface area contributed by atoms with Crippen LogP contribution < -0.4 is 0 Å². The van der Waals surface area contributed by atoms with Gasteiger partial charge in [0.25, 0.3) is 0 Å². The van der Waals surface area contributed by atoms with Crippen LogP contribution in [0, 0.1) is 0 Å². The van der Waals surface area contributed by atoms with Crippen molar-refractivity contribution in [1.82, 2.24) is 4.98 Å². The van der Waals surface area contributed by atoms with E-state index >= 15 is 0 Å². The summed E-state index contributed by atoms with van der Waals surface area (Å²) in [5.41, 5.74) is 4.07. The van der Waals surface area contributed by atoms with Crippen molar-refractivity contribution in [3.05, 3.63) is 65.9 Å². The highest BCUT2D eigenvalue weighted by atomic mass is 35.5. The summed E-state index contributed by atoms with van der Waals surface area (Å²) in [5, 5.41) is 0.693. The number of benzene rings is 2. The molecule has 112 valence electrons. The monoisotopic (exact) mass is 331 g/mol. The molecule has 0 amide bonds. The number of sulfone groups is 1. The van der Waals surface area contributed by atoms with Gasteiger partial charge in [0, 0.05) is 34.8 Å². The van der Waals surface area contributed by atoms with Crippen molar-refractivity contribution in [2.24, 2.45) is 0 Å². The Kier molecular flexibility index (Phi) is 3.81. The molecule has 0 spiro atoms. The van der Waals surface area contributed by atoms with Gasteiger partial charge in [-0.15, -0.1) is 0 Å². The van der Waals surface area contributed by atoms with E-state index in [1.807, 2.05) is 48.8 Å². The van der Waals surface area contributed by atoms with Crippen LogP contribution in [0.1, 0.15) is 0 Å². The third-order valence-corrected chi connectivity index (χ3v) is 4.87. The lowest BCUT2D eigenvalue weighted by Crippen LogP contribution is -1.96. The van der Waals surface area contributed by atoms with Crippen LogP contribution in [0.4, 0.5) is 0 Å². The lowest BCUT2D eigenvalue weighted by molar-refractivity contribution is 0.602. The fourth-order valence-corrected chi connectivity index (χ4v) is 3.11. The molecule has 1 N–H and O–H groups in total. The second-order valence-corrected chi connectivity index (χ2v) is 7.54. The summed E-state index contributed by atoms with van der Waals surface area (Å²) in [4.78, 5) is 3.42. The highest BCUT2D eigenvalue weighted by Gasteiger charge is 2.11. The summed E-state index contributed by atoms with van der Waals surface area (Å²) in [6, 6.07) is 14.5. The van der Waals surface area contributed by atoms with Crippen LogP contribution in [0.2, 0.25) is 5.02 Å². The lowest BCUT2D eigenvalue weighted by Gasteiger charge is -2.06. The summed E-state index contributed by atoms with van der Waals surface area (Å²) >= 11 is 5.93. The zero-order valence-corrected chi connectivity index (χ0v) is 13.4. The van der Waals surface area contributed by atoms with Crippen LogP contribution in [0.3, 0.4) is 0 Å². The number of nitrogens with one attached hydrogen (secondary N) is 1. The number of rotatable bonds is 3. The first-order chi connectivity index (χ1) is 10.4. The molecule has 0 aliphatic rings. The zero-order valence-electron chi connectivity index (χ0n) is 11.9. The normalized spacial score (nSPS) is 11.5. The van der Waals surface area contributed by atoms with Crippen LogP contribution >= 0.6 is 11.6 Å². The van der Waals surface area contributed by atoms with Crippen LogP contribution in [-0.4, -0.2) is 19.7 Å². The van der Waals surface area contributed by atoms with E-state index in [9.17, 15) is 8.42 Å². The van der Waals surface area contributed by atoms with Crippen molar-refractivity contribution in [2.75, 3.05) is 6.26 Å². The molecule has 3 nitrogen and oxygen atoms in total. The molecule has 0 bridgehead atoms. The average molecular weight is 332 g/mol. The maximum atomic E-state index is 11.5. The summed E-state index contributed by atoms with van der Waals surface area (Å²) < 4.78 is 23.1. The zero-order chi connectivity index (χ0) is 15.7. The van der Waals surface area contributed by atoms with Crippen molar-refractivity contribution >= 4 is 21.4 Å². The van der Waals surface area contributed by atoms with Crippen molar-refractivity contribution in [1.29, 1.82) is 0 Å². The van der Waals surface area contributed by atoms with E-state index in [-0.39, 0.29) is 0 Å². The average Bonchev–Trinajstić information content (AvgIpc) is 2.97. The van der Waals surface area contributed by atoms with E-state index in [1.54, 1.807) is 12.1 Å². The molecule has 0 saturated heterocycles. The molecular formula is C17H14ClNO2S. The number of hydrogen-bond donors (Lipinski definition) is 1. The molecule has 0 radical (unpaired) electrons. The maximum Gasteiger partial charge on any atom is 0.175 e. The van der Waals surface area contributed by atoms with Gasteiger partial charge in [-0.25, -0.2) is 8.42 Å². The third kappa shape index (κ3) is 2.93. The van der Waals surface area contributed by atoms with Crippen LogP contribution in [0.5, 0.6) is 0 Å². The van der Waals surface area contributed by atoms with Crippen molar-refractivity contribution in [2.45, 2.75) is 4.90 Å². The largest absolute Gasteiger partial charge is 0.366 e. The molecule has 0 saturated carbocycles. The molecule has 0 aliphatic carbocycles. The van der Waals surface area contributed by atoms with Crippen molar-refractivity contribution in [3.8, 4) is 22.3 Å². The van der Waals surface area contributed by atoms with Gasteiger partial charge >= 0.3 is 0 Å². The predicted molar refractivity (Wildman–Crippen MR) is 89.8 cm³/mol. The van der Waals surface area contributed by atoms with E-state index in [0.717, 1.165) is 22.3 Å². The van der Waals surface area contributed by atoms with Gasteiger partial charge in [-0.3, -0.25) is 0 Å². The molecule has 1 heterocycles. The molecular weight excluding hydrogens is 318 g/mol. The molecule has 0 aliphatic heterocycles. The van der Waals surface area contributed by atoms with Gasteiger partial charge in [0.05, 0.1) is 4.90 Å². The highest BCUT2D eigenvalue weighted by molar-refractivity contribution is 7.90. The molecule has 0 fully saturated rings. The molecule has 3 aromatic rings. The Morgan fingerprint density at radius 1 is 0.818 bits per heavy atom. The second-order valence-electron chi connectivity index (χ2n) is 5.09. The van der Waals surface area contributed by atoms with Crippen LogP contribution in [0.15, 0.2) is 65.8 Å². The summed E-state index contributed by atoms with van der Waals surface area (Å²) in [5.74, 6) is 0. The Morgan fingerprint density at radius 3 is 1.73 bits per heavy atom. The first-order valence-electron chi connectivity index (χ1n) is 6.68. The Hall–Kier alpha value is -2.04. The number of H-pyrrole nitrogens is 1. The maximum absolute atomic E-state index is 11.5. The SMILES string of the molecule is CS(=O)(=O)c1ccc(-c2c[nH]cc2-c2ccc(Cl)cc2)cc1. The molecule has 5 heteroatoms. The van der Waals surface area contributed by atoms with Crippen molar-refractivity contribution in [3.63, 3.8) is 0 Å². The summed E-state index contributed by atoms with van der Waals surface area (Å²) in [6.07, 6.45) is 5.03. The van der Waals surface area contributed by atoms with Crippen LogP contribution in [0.25, 0.3) is 22.3 Å². The minimum atomic E-state index is -3.18. The number of aromatic nitrogens is 1. The molecule has 2 aromatic carbocycles. The smallest absolute Gasteiger partial charge is 0.175 e. The molecule has 0 atom stereocenters. The third-order valence-electron chi connectivity index (χ3n) is 3.49. The quantitative estimate of drug-likeness (QED) is 0.773. The first kappa shape index (κ1) is 14.9. The van der Waals surface area contributed by atoms with Gasteiger partial charge in [-0.1, -0.05) is 35.9 Å². The molecule has 0 unspecified atom stereocenters. The number of hydrogen-bond acceptors (Lipinski definition) is 2. The minimum absolute atomic E-state index is 0.319. The van der Waals surface area contributed by atoms with E-state index in [0.29, 0.717) is 9.92 Å². The fourth-order valence-electron chi connectivity index (χ4n) is 2.35.